The van der Waals surface area contributed by atoms with Gasteiger partial charge in [-0.05, 0) is 18.2 Å². The predicted molar refractivity (Wildman–Crippen MR) is 94.6 cm³/mol. The van der Waals surface area contributed by atoms with Gasteiger partial charge >= 0.3 is 0 Å². The fourth-order valence-corrected chi connectivity index (χ4v) is 3.82. The van der Waals surface area contributed by atoms with E-state index in [9.17, 15) is 9.00 Å². The minimum Gasteiger partial charge on any atom is -0.497 e. The number of ether oxygens (including phenoxy) is 2. The second-order valence-electron chi connectivity index (χ2n) is 5.17. The number of nitrogens with zero attached hydrogens (tertiary/aromatic N) is 2. The molecule has 0 spiro atoms. The van der Waals surface area contributed by atoms with Gasteiger partial charge in [-0.25, -0.2) is 4.21 Å². The Hall–Kier alpha value is -3.20. The second kappa shape index (κ2) is 7.36. The number of primary amides is 1. The number of carbonyl (C=O) groups excluding carboxylic acids is 1. The lowest BCUT2D eigenvalue weighted by atomic mass is 10.1. The highest BCUT2D eigenvalue weighted by atomic mass is 32.2. The van der Waals surface area contributed by atoms with Gasteiger partial charge < -0.3 is 15.2 Å². The maximum Gasteiger partial charge on any atom is 0.271 e. The van der Waals surface area contributed by atoms with E-state index in [1.165, 1.54) is 14.2 Å². The summed E-state index contributed by atoms with van der Waals surface area (Å²) in [6.07, 6.45) is 0. The third kappa shape index (κ3) is 3.16. The molecule has 0 fully saturated rings. The maximum atomic E-state index is 13.3. The zero-order valence-electron chi connectivity index (χ0n) is 14.1. The molecule has 0 aliphatic rings. The van der Waals surface area contributed by atoms with Gasteiger partial charge in [-0.3, -0.25) is 4.79 Å². The number of amides is 1. The zero-order valence-corrected chi connectivity index (χ0v) is 14.9. The quantitative estimate of drug-likeness (QED) is 0.680. The van der Waals surface area contributed by atoms with Crippen LogP contribution in [0.4, 0.5) is 0 Å². The molecule has 3 aromatic rings. The number of carbonyl (C=O) groups is 1. The molecule has 0 saturated heterocycles. The van der Waals surface area contributed by atoms with Gasteiger partial charge in [-0.2, -0.15) is 15.4 Å². The van der Waals surface area contributed by atoms with Crippen LogP contribution in [-0.4, -0.2) is 39.7 Å². The molecule has 0 saturated carbocycles. The van der Waals surface area contributed by atoms with E-state index in [0.29, 0.717) is 26.9 Å². The van der Waals surface area contributed by atoms with Crippen LogP contribution in [0.25, 0.3) is 11.3 Å². The number of nitrogens with one attached hydrogen (secondary N) is 1. The molecule has 134 valence electrons. The van der Waals surface area contributed by atoms with Crippen molar-refractivity contribution >= 4 is 16.7 Å². The van der Waals surface area contributed by atoms with Gasteiger partial charge in [0, 0.05) is 11.6 Å². The first-order valence-corrected chi connectivity index (χ1v) is 8.65. The fourth-order valence-electron chi connectivity index (χ4n) is 2.46. The number of H-pyrrole nitrogens is 1. The van der Waals surface area contributed by atoms with Crippen LogP contribution in [0.1, 0.15) is 10.5 Å². The molecule has 26 heavy (non-hydrogen) atoms. The van der Waals surface area contributed by atoms with Crippen molar-refractivity contribution in [3.63, 3.8) is 0 Å². The third-order valence-electron chi connectivity index (χ3n) is 3.69. The topological polar surface area (TPSA) is 120 Å². The molecular formula is C17H16N4O4S. The molecule has 3 N–H and O–H groups in total. The average molecular weight is 372 g/mol. The summed E-state index contributed by atoms with van der Waals surface area (Å²) in [5.41, 5.74) is 6.05. The number of methoxy groups -OCH3 is 2. The van der Waals surface area contributed by atoms with Crippen LogP contribution in [0.5, 0.6) is 11.5 Å². The molecule has 0 radical (unpaired) electrons. The SMILES string of the molecule is COc1ccc(OC)c(S(=O)c2ccccc2-c2n[nH]nc2C(N)=O)c1. The predicted octanol–water partition coefficient (Wildman–Crippen LogP) is 1.75. The molecule has 1 aromatic heterocycles. The Morgan fingerprint density at radius 2 is 1.85 bits per heavy atom. The first-order valence-electron chi connectivity index (χ1n) is 7.50. The minimum absolute atomic E-state index is 0.0212. The van der Waals surface area contributed by atoms with E-state index < -0.39 is 16.7 Å². The molecule has 1 unspecified atom stereocenters. The summed E-state index contributed by atoms with van der Waals surface area (Å²) in [6, 6.07) is 11.9. The molecular weight excluding hydrogens is 356 g/mol. The summed E-state index contributed by atoms with van der Waals surface area (Å²) >= 11 is 0. The fraction of sp³-hybridized carbons (Fsp3) is 0.118. The normalized spacial score (nSPS) is 11.8. The third-order valence-corrected chi connectivity index (χ3v) is 5.17. The lowest BCUT2D eigenvalue weighted by molar-refractivity contribution is 0.0996. The zero-order chi connectivity index (χ0) is 18.7. The number of hydrogen-bond acceptors (Lipinski definition) is 6. The number of rotatable bonds is 6. The molecule has 2 aromatic carbocycles. The van der Waals surface area contributed by atoms with Crippen molar-refractivity contribution in [2.45, 2.75) is 9.79 Å². The van der Waals surface area contributed by atoms with Gasteiger partial charge in [-0.15, -0.1) is 0 Å². The number of aromatic nitrogens is 3. The van der Waals surface area contributed by atoms with Crippen molar-refractivity contribution in [2.24, 2.45) is 5.73 Å². The Balaban J connectivity index is 2.16. The van der Waals surface area contributed by atoms with Crippen LogP contribution in [0.15, 0.2) is 52.3 Å². The number of hydrogen-bond donors (Lipinski definition) is 2. The monoisotopic (exact) mass is 372 g/mol. The summed E-state index contributed by atoms with van der Waals surface area (Å²) in [6.45, 7) is 0. The first kappa shape index (κ1) is 17.6. The van der Waals surface area contributed by atoms with Gasteiger partial charge in [-0.1, -0.05) is 18.2 Å². The molecule has 9 heteroatoms. The summed E-state index contributed by atoms with van der Waals surface area (Å²) in [5.74, 6) is 0.272. The van der Waals surface area contributed by atoms with Gasteiger partial charge in [0.05, 0.1) is 34.8 Å². The first-order chi connectivity index (χ1) is 12.6. The summed E-state index contributed by atoms with van der Waals surface area (Å²) in [4.78, 5) is 12.5. The number of aromatic amines is 1. The molecule has 0 aliphatic carbocycles. The molecule has 0 bridgehead atoms. The van der Waals surface area contributed by atoms with Gasteiger partial charge in [0.2, 0.25) is 0 Å². The molecule has 1 heterocycles. The Kier molecular flexibility index (Phi) is 4.99. The summed E-state index contributed by atoms with van der Waals surface area (Å²) in [5, 5.41) is 10.1. The lowest BCUT2D eigenvalue weighted by Gasteiger charge is -2.12. The highest BCUT2D eigenvalue weighted by Gasteiger charge is 2.22. The molecule has 3 rings (SSSR count). The van der Waals surface area contributed by atoms with Crippen molar-refractivity contribution in [3.05, 3.63) is 48.2 Å². The lowest BCUT2D eigenvalue weighted by Crippen LogP contribution is -2.13. The van der Waals surface area contributed by atoms with Crippen molar-refractivity contribution in [3.8, 4) is 22.8 Å². The van der Waals surface area contributed by atoms with E-state index in [4.69, 9.17) is 15.2 Å². The summed E-state index contributed by atoms with van der Waals surface area (Å²) < 4.78 is 23.8. The molecule has 0 aliphatic heterocycles. The highest BCUT2D eigenvalue weighted by Crippen LogP contribution is 2.34. The van der Waals surface area contributed by atoms with Crippen molar-refractivity contribution in [2.75, 3.05) is 14.2 Å². The van der Waals surface area contributed by atoms with Crippen molar-refractivity contribution in [1.29, 1.82) is 0 Å². The van der Waals surface area contributed by atoms with E-state index >= 15 is 0 Å². The summed E-state index contributed by atoms with van der Waals surface area (Å²) in [7, 11) is 1.40. The van der Waals surface area contributed by atoms with E-state index in [0.717, 1.165) is 0 Å². The average Bonchev–Trinajstić information content (AvgIpc) is 3.17. The Morgan fingerprint density at radius 3 is 2.54 bits per heavy atom. The smallest absolute Gasteiger partial charge is 0.271 e. The highest BCUT2D eigenvalue weighted by molar-refractivity contribution is 7.85. The molecule has 8 nitrogen and oxygen atoms in total. The van der Waals surface area contributed by atoms with Crippen LogP contribution >= 0.6 is 0 Å². The standard InChI is InChI=1S/C17H16N4O4S/c1-24-10-7-8-12(25-2)14(9-10)26(23)13-6-4-3-5-11(13)15-16(17(18)22)20-21-19-15/h3-9H,1-2H3,(H2,18,22)(H,19,20,21). The van der Waals surface area contributed by atoms with E-state index in [1.807, 2.05) is 0 Å². The van der Waals surface area contributed by atoms with Gasteiger partial charge in [0.15, 0.2) is 5.69 Å². The van der Waals surface area contributed by atoms with Crippen LogP contribution in [0.2, 0.25) is 0 Å². The van der Waals surface area contributed by atoms with Crippen molar-refractivity contribution in [1.82, 2.24) is 15.4 Å². The van der Waals surface area contributed by atoms with E-state index in [2.05, 4.69) is 15.4 Å². The Bertz CT molecular complexity index is 986. The van der Waals surface area contributed by atoms with Crippen LogP contribution in [0, 0.1) is 0 Å². The van der Waals surface area contributed by atoms with E-state index in [-0.39, 0.29) is 11.4 Å². The van der Waals surface area contributed by atoms with E-state index in [1.54, 1.807) is 42.5 Å². The number of benzene rings is 2. The Morgan fingerprint density at radius 1 is 1.08 bits per heavy atom. The molecule has 1 atom stereocenters. The maximum absolute atomic E-state index is 13.3. The van der Waals surface area contributed by atoms with Crippen LogP contribution < -0.4 is 15.2 Å². The van der Waals surface area contributed by atoms with Crippen LogP contribution in [-0.2, 0) is 10.8 Å². The largest absolute Gasteiger partial charge is 0.497 e. The van der Waals surface area contributed by atoms with Crippen LogP contribution in [0.3, 0.4) is 0 Å². The van der Waals surface area contributed by atoms with Gasteiger partial charge in [0.25, 0.3) is 5.91 Å². The second-order valence-corrected chi connectivity index (χ2v) is 6.58. The van der Waals surface area contributed by atoms with Gasteiger partial charge in [0.1, 0.15) is 17.2 Å². The molecule has 1 amide bonds. The number of nitrogens with two attached hydrogens (primary N) is 1. The minimum atomic E-state index is -1.63. The van der Waals surface area contributed by atoms with Crippen molar-refractivity contribution < 1.29 is 18.5 Å². The Labute approximate surface area is 151 Å².